The van der Waals surface area contributed by atoms with Crippen molar-refractivity contribution < 1.29 is 4.52 Å². The summed E-state index contributed by atoms with van der Waals surface area (Å²) < 4.78 is 5.29. The molecule has 0 spiro atoms. The van der Waals surface area contributed by atoms with Gasteiger partial charge in [0.25, 0.3) is 0 Å². The number of rotatable bonds is 3. The zero-order chi connectivity index (χ0) is 12.5. The van der Waals surface area contributed by atoms with Crippen molar-refractivity contribution in [2.24, 2.45) is 11.7 Å². The summed E-state index contributed by atoms with van der Waals surface area (Å²) in [5.74, 6) is 2.12. The minimum Gasteiger partial charge on any atom is -0.338 e. The van der Waals surface area contributed by atoms with Gasteiger partial charge in [0.2, 0.25) is 5.89 Å². The summed E-state index contributed by atoms with van der Waals surface area (Å²) in [6.07, 6.45) is 1.18. The maximum Gasteiger partial charge on any atom is 0.240 e. The molecular formula is C12H22N4O. The van der Waals surface area contributed by atoms with Gasteiger partial charge in [-0.1, -0.05) is 25.9 Å². The van der Waals surface area contributed by atoms with E-state index in [0.29, 0.717) is 11.8 Å². The second-order valence-electron chi connectivity index (χ2n) is 5.89. The summed E-state index contributed by atoms with van der Waals surface area (Å²) in [5.41, 5.74) is 5.62. The second-order valence-corrected chi connectivity index (χ2v) is 5.89. The van der Waals surface area contributed by atoms with Gasteiger partial charge in [0.15, 0.2) is 5.82 Å². The van der Waals surface area contributed by atoms with Crippen LogP contribution < -0.4 is 5.73 Å². The monoisotopic (exact) mass is 238 g/mol. The van der Waals surface area contributed by atoms with Gasteiger partial charge in [-0.25, -0.2) is 0 Å². The van der Waals surface area contributed by atoms with Crippen LogP contribution in [0.1, 0.15) is 38.9 Å². The van der Waals surface area contributed by atoms with Crippen molar-refractivity contribution >= 4 is 0 Å². The van der Waals surface area contributed by atoms with Gasteiger partial charge in [0, 0.05) is 12.0 Å². The van der Waals surface area contributed by atoms with Crippen LogP contribution in [0.4, 0.5) is 0 Å². The number of nitrogens with two attached hydrogens (primary N) is 1. The summed E-state index contributed by atoms with van der Waals surface area (Å²) in [6, 6.07) is 0. The first-order valence-corrected chi connectivity index (χ1v) is 6.24. The molecule has 1 aromatic heterocycles. The molecule has 2 rings (SSSR count). The highest BCUT2D eigenvalue weighted by Gasteiger charge is 2.25. The fourth-order valence-electron chi connectivity index (χ4n) is 2.06. The highest BCUT2D eigenvalue weighted by Crippen LogP contribution is 2.20. The largest absolute Gasteiger partial charge is 0.338 e. The van der Waals surface area contributed by atoms with Crippen LogP contribution in [0.5, 0.6) is 0 Å². The molecule has 1 saturated heterocycles. The minimum atomic E-state index is -0.0491. The average molecular weight is 238 g/mol. The molecule has 1 aromatic rings. The third kappa shape index (κ3) is 3.04. The van der Waals surface area contributed by atoms with Gasteiger partial charge in [0.1, 0.15) is 0 Å². The third-order valence-electron chi connectivity index (χ3n) is 3.20. The Bertz CT molecular complexity index is 369. The van der Waals surface area contributed by atoms with Gasteiger partial charge >= 0.3 is 0 Å². The SMILES string of the molecule is CC(C)(C)c1noc(CN2CCC(CN)C2)n1. The van der Waals surface area contributed by atoms with E-state index >= 15 is 0 Å². The van der Waals surface area contributed by atoms with E-state index in [1.807, 2.05) is 0 Å². The molecule has 0 bridgehead atoms. The van der Waals surface area contributed by atoms with E-state index in [9.17, 15) is 0 Å². The Kier molecular flexibility index (Phi) is 3.49. The Labute approximate surface area is 102 Å². The van der Waals surface area contributed by atoms with Gasteiger partial charge in [0.05, 0.1) is 6.54 Å². The number of aromatic nitrogens is 2. The van der Waals surface area contributed by atoms with Gasteiger partial charge in [-0.05, 0) is 25.4 Å². The van der Waals surface area contributed by atoms with Crippen LogP contribution >= 0.6 is 0 Å². The van der Waals surface area contributed by atoms with E-state index < -0.39 is 0 Å². The van der Waals surface area contributed by atoms with E-state index in [0.717, 1.165) is 32.0 Å². The highest BCUT2D eigenvalue weighted by molar-refractivity contribution is 5.00. The van der Waals surface area contributed by atoms with Crippen molar-refractivity contribution in [3.05, 3.63) is 11.7 Å². The quantitative estimate of drug-likeness (QED) is 0.855. The Hall–Kier alpha value is -0.940. The lowest BCUT2D eigenvalue weighted by Crippen LogP contribution is -2.23. The third-order valence-corrected chi connectivity index (χ3v) is 3.20. The van der Waals surface area contributed by atoms with Crippen LogP contribution in [0.2, 0.25) is 0 Å². The second kappa shape index (κ2) is 4.74. The number of hydrogen-bond donors (Lipinski definition) is 1. The molecule has 2 N–H and O–H groups in total. The molecule has 96 valence electrons. The van der Waals surface area contributed by atoms with E-state index in [2.05, 4.69) is 35.8 Å². The fraction of sp³-hybridized carbons (Fsp3) is 0.833. The lowest BCUT2D eigenvalue weighted by molar-refractivity contribution is 0.259. The van der Waals surface area contributed by atoms with Crippen molar-refractivity contribution in [3.63, 3.8) is 0 Å². The van der Waals surface area contributed by atoms with Crippen LogP contribution in [0.3, 0.4) is 0 Å². The topological polar surface area (TPSA) is 68.2 Å². The molecular weight excluding hydrogens is 216 g/mol. The van der Waals surface area contributed by atoms with Crippen LogP contribution in [-0.4, -0.2) is 34.7 Å². The maximum atomic E-state index is 5.67. The molecule has 5 heteroatoms. The molecule has 5 nitrogen and oxygen atoms in total. The predicted octanol–water partition coefficient (Wildman–Crippen LogP) is 1.15. The Morgan fingerprint density at radius 2 is 2.24 bits per heavy atom. The van der Waals surface area contributed by atoms with Crippen molar-refractivity contribution in [3.8, 4) is 0 Å². The molecule has 0 radical (unpaired) electrons. The van der Waals surface area contributed by atoms with Crippen LogP contribution in [0, 0.1) is 5.92 Å². The van der Waals surface area contributed by atoms with E-state index in [1.165, 1.54) is 6.42 Å². The van der Waals surface area contributed by atoms with E-state index in [1.54, 1.807) is 0 Å². The number of likely N-dealkylation sites (tertiary alicyclic amines) is 1. The smallest absolute Gasteiger partial charge is 0.240 e. The highest BCUT2D eigenvalue weighted by atomic mass is 16.5. The van der Waals surface area contributed by atoms with Crippen molar-refractivity contribution in [2.45, 2.75) is 39.2 Å². The summed E-state index contributed by atoms with van der Waals surface area (Å²) in [5, 5.41) is 4.03. The molecule has 1 aliphatic rings. The minimum absolute atomic E-state index is 0.0491. The Morgan fingerprint density at radius 1 is 1.47 bits per heavy atom. The lowest BCUT2D eigenvalue weighted by atomic mass is 9.96. The molecule has 17 heavy (non-hydrogen) atoms. The zero-order valence-corrected chi connectivity index (χ0v) is 10.9. The van der Waals surface area contributed by atoms with Crippen LogP contribution in [0.25, 0.3) is 0 Å². The lowest BCUT2D eigenvalue weighted by Gasteiger charge is -2.13. The molecule has 0 aromatic carbocycles. The summed E-state index contributed by atoms with van der Waals surface area (Å²) >= 11 is 0. The first-order chi connectivity index (χ1) is 7.99. The fourth-order valence-corrected chi connectivity index (χ4v) is 2.06. The van der Waals surface area contributed by atoms with Gasteiger partial charge < -0.3 is 10.3 Å². The first-order valence-electron chi connectivity index (χ1n) is 6.24. The van der Waals surface area contributed by atoms with Crippen molar-refractivity contribution in [1.82, 2.24) is 15.0 Å². The molecule has 1 fully saturated rings. The zero-order valence-electron chi connectivity index (χ0n) is 10.9. The Balaban J connectivity index is 1.94. The summed E-state index contributed by atoms with van der Waals surface area (Å²) in [4.78, 5) is 6.78. The molecule has 1 aliphatic heterocycles. The maximum absolute atomic E-state index is 5.67. The number of hydrogen-bond acceptors (Lipinski definition) is 5. The Morgan fingerprint density at radius 3 is 2.76 bits per heavy atom. The average Bonchev–Trinajstić information content (AvgIpc) is 2.86. The summed E-state index contributed by atoms with van der Waals surface area (Å²) in [7, 11) is 0. The normalized spacial score (nSPS) is 22.2. The predicted molar refractivity (Wildman–Crippen MR) is 65.4 cm³/mol. The van der Waals surface area contributed by atoms with E-state index in [4.69, 9.17) is 10.3 Å². The molecule has 0 aliphatic carbocycles. The van der Waals surface area contributed by atoms with Gasteiger partial charge in [-0.15, -0.1) is 0 Å². The van der Waals surface area contributed by atoms with Crippen LogP contribution in [0.15, 0.2) is 4.52 Å². The molecule has 1 unspecified atom stereocenters. The van der Waals surface area contributed by atoms with Gasteiger partial charge in [-0.2, -0.15) is 4.98 Å². The van der Waals surface area contributed by atoms with Crippen molar-refractivity contribution in [2.75, 3.05) is 19.6 Å². The van der Waals surface area contributed by atoms with Crippen LogP contribution in [-0.2, 0) is 12.0 Å². The molecule has 0 saturated carbocycles. The molecule has 0 amide bonds. The first kappa shape index (κ1) is 12.5. The van der Waals surface area contributed by atoms with Crippen molar-refractivity contribution in [1.29, 1.82) is 0 Å². The van der Waals surface area contributed by atoms with E-state index in [-0.39, 0.29) is 5.41 Å². The molecule has 2 heterocycles. The summed E-state index contributed by atoms with van der Waals surface area (Å²) in [6.45, 7) is 9.90. The van der Waals surface area contributed by atoms with Gasteiger partial charge in [-0.3, -0.25) is 4.90 Å². The standard InChI is InChI=1S/C12H22N4O/c1-12(2,3)11-14-10(17-15-11)8-16-5-4-9(6-13)7-16/h9H,4-8,13H2,1-3H3. The number of nitrogens with zero attached hydrogens (tertiary/aromatic N) is 3. The molecule has 1 atom stereocenters.